The molecule has 0 unspecified atom stereocenters. The lowest BCUT2D eigenvalue weighted by Gasteiger charge is -2.13. The van der Waals surface area contributed by atoms with Crippen molar-refractivity contribution in [2.24, 2.45) is 0 Å². The maximum absolute atomic E-state index is 12.5. The highest BCUT2D eigenvalue weighted by Crippen LogP contribution is 2.30. The first kappa shape index (κ1) is 21.4. The SMILES string of the molecule is COc1ccc(/C=C2\CC(=O)N(CCCCCCC(=O)NO)C2=O)cc1OC. The summed E-state index contributed by atoms with van der Waals surface area (Å²) in [5, 5.41) is 8.43. The van der Waals surface area contributed by atoms with Crippen LogP contribution in [0.1, 0.15) is 44.1 Å². The molecule has 8 heteroatoms. The maximum atomic E-state index is 12.5. The minimum absolute atomic E-state index is 0.0872. The van der Waals surface area contributed by atoms with Crippen molar-refractivity contribution in [2.45, 2.75) is 38.5 Å². The number of carbonyl (C=O) groups is 3. The molecular formula is C20H26N2O6. The number of ether oxygens (including phenoxy) is 2. The molecular weight excluding hydrogens is 364 g/mol. The molecule has 1 aliphatic rings. The van der Waals surface area contributed by atoms with Crippen LogP contribution in [0.5, 0.6) is 11.5 Å². The third-order valence-corrected chi connectivity index (χ3v) is 4.57. The van der Waals surface area contributed by atoms with Gasteiger partial charge in [-0.2, -0.15) is 0 Å². The number of amides is 3. The first-order valence-corrected chi connectivity index (χ1v) is 9.20. The fourth-order valence-corrected chi connectivity index (χ4v) is 3.07. The normalized spacial score (nSPS) is 15.2. The van der Waals surface area contributed by atoms with Crippen molar-refractivity contribution in [3.8, 4) is 11.5 Å². The Morgan fingerprint density at radius 3 is 2.54 bits per heavy atom. The van der Waals surface area contributed by atoms with Crippen molar-refractivity contribution in [3.63, 3.8) is 0 Å². The topological polar surface area (TPSA) is 105 Å². The highest BCUT2D eigenvalue weighted by atomic mass is 16.5. The van der Waals surface area contributed by atoms with Gasteiger partial charge in [-0.3, -0.25) is 24.5 Å². The van der Waals surface area contributed by atoms with Crippen LogP contribution in [-0.2, 0) is 14.4 Å². The van der Waals surface area contributed by atoms with E-state index < -0.39 is 5.91 Å². The van der Waals surface area contributed by atoms with E-state index in [0.717, 1.165) is 18.4 Å². The van der Waals surface area contributed by atoms with Crippen LogP contribution in [0.25, 0.3) is 6.08 Å². The van der Waals surface area contributed by atoms with Gasteiger partial charge in [0, 0.05) is 18.5 Å². The molecule has 0 saturated carbocycles. The van der Waals surface area contributed by atoms with E-state index in [1.165, 1.54) is 12.0 Å². The fraction of sp³-hybridized carbons (Fsp3) is 0.450. The quantitative estimate of drug-likeness (QED) is 0.209. The number of likely N-dealkylation sites (tertiary alicyclic amines) is 1. The minimum atomic E-state index is -0.408. The Kier molecular flexibility index (Phi) is 8.01. The molecule has 152 valence electrons. The molecule has 1 aliphatic heterocycles. The van der Waals surface area contributed by atoms with E-state index in [0.29, 0.717) is 36.5 Å². The lowest BCUT2D eigenvalue weighted by Crippen LogP contribution is -2.30. The van der Waals surface area contributed by atoms with Gasteiger partial charge in [0.25, 0.3) is 5.91 Å². The summed E-state index contributed by atoms with van der Waals surface area (Å²) in [7, 11) is 3.09. The van der Waals surface area contributed by atoms with Crippen molar-refractivity contribution in [1.82, 2.24) is 10.4 Å². The number of methoxy groups -OCH3 is 2. The minimum Gasteiger partial charge on any atom is -0.493 e. The van der Waals surface area contributed by atoms with Crippen molar-refractivity contribution >= 4 is 23.8 Å². The molecule has 1 saturated heterocycles. The summed E-state index contributed by atoms with van der Waals surface area (Å²) in [5.41, 5.74) is 2.81. The molecule has 8 nitrogen and oxygen atoms in total. The Labute approximate surface area is 164 Å². The van der Waals surface area contributed by atoms with Crippen LogP contribution in [-0.4, -0.2) is 48.6 Å². The van der Waals surface area contributed by atoms with Crippen LogP contribution in [0.3, 0.4) is 0 Å². The smallest absolute Gasteiger partial charge is 0.256 e. The molecule has 0 aliphatic carbocycles. The molecule has 0 spiro atoms. The van der Waals surface area contributed by atoms with Gasteiger partial charge in [0.2, 0.25) is 11.8 Å². The largest absolute Gasteiger partial charge is 0.493 e. The average Bonchev–Trinajstić information content (AvgIpc) is 2.97. The zero-order valence-corrected chi connectivity index (χ0v) is 16.2. The number of benzene rings is 1. The number of hydrogen-bond donors (Lipinski definition) is 2. The van der Waals surface area contributed by atoms with E-state index in [1.54, 1.807) is 36.9 Å². The van der Waals surface area contributed by atoms with Crippen molar-refractivity contribution in [3.05, 3.63) is 29.3 Å². The van der Waals surface area contributed by atoms with Crippen molar-refractivity contribution in [2.75, 3.05) is 20.8 Å². The average molecular weight is 390 g/mol. The third-order valence-electron chi connectivity index (χ3n) is 4.57. The summed E-state index contributed by atoms with van der Waals surface area (Å²) >= 11 is 0. The number of hydrogen-bond acceptors (Lipinski definition) is 6. The highest BCUT2D eigenvalue weighted by molar-refractivity contribution is 6.15. The van der Waals surface area contributed by atoms with Gasteiger partial charge in [0.1, 0.15) is 0 Å². The van der Waals surface area contributed by atoms with Crippen LogP contribution < -0.4 is 15.0 Å². The van der Waals surface area contributed by atoms with Crippen LogP contribution in [0.2, 0.25) is 0 Å². The van der Waals surface area contributed by atoms with Crippen LogP contribution in [0.4, 0.5) is 0 Å². The van der Waals surface area contributed by atoms with Gasteiger partial charge in [0.15, 0.2) is 11.5 Å². The van der Waals surface area contributed by atoms with E-state index in [1.807, 2.05) is 0 Å². The Morgan fingerprint density at radius 2 is 1.86 bits per heavy atom. The summed E-state index contributed by atoms with van der Waals surface area (Å²) < 4.78 is 10.5. The van der Waals surface area contributed by atoms with Crippen LogP contribution in [0, 0.1) is 0 Å². The van der Waals surface area contributed by atoms with Crippen LogP contribution >= 0.6 is 0 Å². The molecule has 0 aromatic heterocycles. The van der Waals surface area contributed by atoms with E-state index in [2.05, 4.69) is 0 Å². The number of nitrogens with zero attached hydrogens (tertiary/aromatic N) is 1. The van der Waals surface area contributed by atoms with Crippen LogP contribution in [0.15, 0.2) is 23.8 Å². The van der Waals surface area contributed by atoms with Crippen molar-refractivity contribution in [1.29, 1.82) is 0 Å². The predicted octanol–water partition coefficient (Wildman–Crippen LogP) is 2.30. The first-order valence-electron chi connectivity index (χ1n) is 9.20. The predicted molar refractivity (Wildman–Crippen MR) is 102 cm³/mol. The number of carbonyl (C=O) groups excluding carboxylic acids is 3. The van der Waals surface area contributed by atoms with E-state index in [4.69, 9.17) is 14.7 Å². The molecule has 3 amide bonds. The second-order valence-corrected chi connectivity index (χ2v) is 6.51. The fourth-order valence-electron chi connectivity index (χ4n) is 3.07. The molecule has 2 N–H and O–H groups in total. The first-order chi connectivity index (χ1) is 13.5. The van der Waals surface area contributed by atoms with E-state index in [-0.39, 0.29) is 24.7 Å². The molecule has 0 radical (unpaired) electrons. The molecule has 0 atom stereocenters. The van der Waals surface area contributed by atoms with Gasteiger partial charge in [-0.1, -0.05) is 18.9 Å². The van der Waals surface area contributed by atoms with E-state index in [9.17, 15) is 14.4 Å². The Morgan fingerprint density at radius 1 is 1.14 bits per heavy atom. The Hall–Kier alpha value is -2.87. The van der Waals surface area contributed by atoms with Gasteiger partial charge in [-0.15, -0.1) is 0 Å². The standard InChI is InChI=1S/C20H26N2O6/c1-27-16-9-8-14(12-17(16)28-2)11-15-13-19(24)22(20(15)25)10-6-4-3-5-7-18(23)21-26/h8-9,11-12,26H,3-7,10,13H2,1-2H3,(H,21,23)/b15-11+. The second-order valence-electron chi connectivity index (χ2n) is 6.51. The Balaban J connectivity index is 1.90. The summed E-state index contributed by atoms with van der Waals surface area (Å²) in [6.07, 6.45) is 4.97. The second kappa shape index (κ2) is 10.5. The monoisotopic (exact) mass is 390 g/mol. The lowest BCUT2D eigenvalue weighted by molar-refractivity contribution is -0.137. The number of unbranched alkanes of at least 4 members (excludes halogenated alkanes) is 3. The molecule has 1 heterocycles. The van der Waals surface area contributed by atoms with Gasteiger partial charge in [-0.05, 0) is 36.6 Å². The zero-order valence-electron chi connectivity index (χ0n) is 16.2. The molecule has 1 fully saturated rings. The zero-order chi connectivity index (χ0) is 20.5. The highest BCUT2D eigenvalue weighted by Gasteiger charge is 2.33. The van der Waals surface area contributed by atoms with Gasteiger partial charge >= 0.3 is 0 Å². The molecule has 1 aromatic carbocycles. The summed E-state index contributed by atoms with van der Waals surface area (Å²) in [6, 6.07) is 5.31. The van der Waals surface area contributed by atoms with Crippen molar-refractivity contribution < 1.29 is 29.1 Å². The lowest BCUT2D eigenvalue weighted by atomic mass is 10.1. The van der Waals surface area contributed by atoms with Gasteiger partial charge in [-0.25, -0.2) is 5.48 Å². The summed E-state index contributed by atoms with van der Waals surface area (Å²) in [6.45, 7) is 0.368. The molecule has 0 bridgehead atoms. The van der Waals surface area contributed by atoms with Gasteiger partial charge < -0.3 is 9.47 Å². The number of rotatable bonds is 10. The number of imide groups is 1. The van der Waals surface area contributed by atoms with Gasteiger partial charge in [0.05, 0.1) is 20.6 Å². The number of hydroxylamine groups is 1. The van der Waals surface area contributed by atoms with E-state index >= 15 is 0 Å². The third kappa shape index (κ3) is 5.56. The number of nitrogens with one attached hydrogen (secondary N) is 1. The summed E-state index contributed by atoms with van der Waals surface area (Å²) in [4.78, 5) is 36.9. The maximum Gasteiger partial charge on any atom is 0.256 e. The molecule has 1 aromatic rings. The summed E-state index contributed by atoms with van der Waals surface area (Å²) in [5.74, 6) is 0.280. The molecule has 28 heavy (non-hydrogen) atoms. The molecule has 2 rings (SSSR count). The Bertz CT molecular complexity index is 759.